The highest BCUT2D eigenvalue weighted by molar-refractivity contribution is 5.71. The van der Waals surface area contributed by atoms with Crippen LogP contribution in [0.15, 0.2) is 60.8 Å². The summed E-state index contributed by atoms with van der Waals surface area (Å²) in [5.41, 5.74) is 0. The number of allylic oxidation sites excluding steroid dienone is 10. The molecule has 0 aromatic rings. The maximum absolute atomic E-state index is 12.9. The van der Waals surface area contributed by atoms with Crippen LogP contribution in [-0.4, -0.2) is 37.2 Å². The molecule has 0 aromatic heterocycles. The van der Waals surface area contributed by atoms with Gasteiger partial charge in [0.1, 0.15) is 13.2 Å². The van der Waals surface area contributed by atoms with Gasteiger partial charge in [-0.3, -0.25) is 14.4 Å². The fraction of sp³-hybridized carbons (Fsp3) is 0.806. The van der Waals surface area contributed by atoms with Gasteiger partial charge in [0.2, 0.25) is 0 Å². The van der Waals surface area contributed by atoms with E-state index in [1.54, 1.807) is 0 Å². The Balaban J connectivity index is 4.34. The molecule has 0 spiro atoms. The summed E-state index contributed by atoms with van der Waals surface area (Å²) >= 11 is 0. The summed E-state index contributed by atoms with van der Waals surface area (Å²) in [6, 6.07) is 0. The van der Waals surface area contributed by atoms with Crippen molar-refractivity contribution in [3.05, 3.63) is 60.8 Å². The molecule has 0 amide bonds. The van der Waals surface area contributed by atoms with E-state index < -0.39 is 6.10 Å². The van der Waals surface area contributed by atoms with E-state index in [1.807, 2.05) is 0 Å². The Bertz CT molecular complexity index is 1310. The molecule has 1 unspecified atom stereocenters. The molecule has 73 heavy (non-hydrogen) atoms. The van der Waals surface area contributed by atoms with E-state index in [-0.39, 0.29) is 31.1 Å². The molecule has 0 bridgehead atoms. The molecule has 0 heterocycles. The summed E-state index contributed by atoms with van der Waals surface area (Å²) in [7, 11) is 0. The van der Waals surface area contributed by atoms with Crippen LogP contribution >= 0.6 is 0 Å². The van der Waals surface area contributed by atoms with Gasteiger partial charge in [0.05, 0.1) is 0 Å². The molecule has 0 N–H and O–H groups in total. The Morgan fingerprint density at radius 2 is 0.534 bits per heavy atom. The van der Waals surface area contributed by atoms with Crippen molar-refractivity contribution in [1.29, 1.82) is 0 Å². The van der Waals surface area contributed by atoms with E-state index in [0.717, 1.165) is 83.5 Å². The molecule has 6 nitrogen and oxygen atoms in total. The van der Waals surface area contributed by atoms with Gasteiger partial charge in [-0.15, -0.1) is 0 Å². The number of rotatable bonds is 58. The molecule has 0 radical (unpaired) electrons. The number of hydrogen-bond donors (Lipinski definition) is 0. The molecule has 0 aromatic carbocycles. The van der Waals surface area contributed by atoms with Crippen molar-refractivity contribution in [2.75, 3.05) is 13.2 Å². The zero-order valence-electron chi connectivity index (χ0n) is 48.7. The molecule has 424 valence electrons. The lowest BCUT2D eigenvalue weighted by Crippen LogP contribution is -2.30. The highest BCUT2D eigenvalue weighted by atomic mass is 16.6. The van der Waals surface area contributed by atoms with E-state index in [2.05, 4.69) is 81.5 Å². The molecule has 0 saturated carbocycles. The summed E-state index contributed by atoms with van der Waals surface area (Å²) in [5.74, 6) is -0.910. The second kappa shape index (κ2) is 61.7. The van der Waals surface area contributed by atoms with Gasteiger partial charge in [-0.2, -0.15) is 0 Å². The molecule has 0 aliphatic rings. The number of ether oxygens (including phenoxy) is 3. The van der Waals surface area contributed by atoms with Crippen molar-refractivity contribution in [3.63, 3.8) is 0 Å². The number of hydrogen-bond acceptors (Lipinski definition) is 6. The minimum absolute atomic E-state index is 0.0845. The molecular weight excluding hydrogens is 901 g/mol. The zero-order chi connectivity index (χ0) is 52.9. The monoisotopic (exact) mass is 1020 g/mol. The molecule has 0 aliphatic heterocycles. The van der Waals surface area contributed by atoms with Gasteiger partial charge in [0.25, 0.3) is 0 Å². The third kappa shape index (κ3) is 59.9. The predicted molar refractivity (Wildman–Crippen MR) is 316 cm³/mol. The van der Waals surface area contributed by atoms with Crippen LogP contribution in [-0.2, 0) is 28.6 Å². The van der Waals surface area contributed by atoms with Crippen LogP contribution in [0.4, 0.5) is 0 Å². The topological polar surface area (TPSA) is 78.9 Å². The Hall–Kier alpha value is -2.89. The van der Waals surface area contributed by atoms with Crippen molar-refractivity contribution in [2.45, 2.75) is 335 Å². The summed E-state index contributed by atoms with van der Waals surface area (Å²) < 4.78 is 16.9. The van der Waals surface area contributed by atoms with Crippen molar-refractivity contribution in [1.82, 2.24) is 0 Å². The smallest absolute Gasteiger partial charge is 0.306 e. The number of esters is 3. The second-order valence-electron chi connectivity index (χ2n) is 21.3. The van der Waals surface area contributed by atoms with Gasteiger partial charge >= 0.3 is 17.9 Å². The third-order valence-electron chi connectivity index (χ3n) is 14.0. The average molecular weight is 1020 g/mol. The summed E-state index contributed by atoms with van der Waals surface area (Å²) in [6.07, 6.45) is 78.0. The van der Waals surface area contributed by atoms with Crippen LogP contribution in [0.1, 0.15) is 329 Å². The molecule has 0 saturated heterocycles. The molecule has 0 rings (SSSR count). The molecule has 0 fully saturated rings. The fourth-order valence-corrected chi connectivity index (χ4v) is 9.25. The molecule has 6 heteroatoms. The van der Waals surface area contributed by atoms with Gasteiger partial charge in [-0.05, 0) is 83.5 Å². The standard InChI is InChI=1S/C67H120O6/c1-4-7-10-13-16-19-22-25-28-30-31-32-33-34-35-37-39-42-45-48-51-54-57-60-66(69)72-63-64(62-71-65(68)59-56-53-50-47-44-41-38-27-24-21-18-15-12-9-6-3)73-67(70)61-58-55-52-49-46-43-40-36-29-26-23-20-17-14-11-8-5-2/h9,12,18,21,27,30-31,38,44,47,64H,4-8,10-11,13-17,19-20,22-26,28-29,32-37,39-43,45-46,48-63H2,1-3H3/b12-9-,21-18-,31-30-,38-27-,47-44-. The first-order valence-electron chi connectivity index (χ1n) is 31.8. The van der Waals surface area contributed by atoms with Crippen LogP contribution < -0.4 is 0 Å². The van der Waals surface area contributed by atoms with Gasteiger partial charge in [-0.1, -0.05) is 287 Å². The van der Waals surface area contributed by atoms with Gasteiger partial charge in [0, 0.05) is 19.3 Å². The Morgan fingerprint density at radius 1 is 0.288 bits per heavy atom. The van der Waals surface area contributed by atoms with Crippen molar-refractivity contribution >= 4 is 17.9 Å². The quantitative estimate of drug-likeness (QED) is 0.0261. The zero-order valence-corrected chi connectivity index (χ0v) is 48.7. The SMILES string of the molecule is CC/C=C\C/C=C\C/C=C\C/C=C\CCCCC(=O)OCC(COC(=O)CCCCCCCCCCCCC/C=C\CCCCCCCCCC)OC(=O)CCCCCCCCCCCCCCCCCCC. The minimum Gasteiger partial charge on any atom is -0.462 e. The summed E-state index contributed by atoms with van der Waals surface area (Å²) in [5, 5.41) is 0. The van der Waals surface area contributed by atoms with Crippen molar-refractivity contribution in [3.8, 4) is 0 Å². The molecular formula is C67H120O6. The number of carbonyl (C=O) groups excluding carboxylic acids is 3. The normalized spacial score (nSPS) is 12.4. The van der Waals surface area contributed by atoms with Crippen LogP contribution in [0.25, 0.3) is 0 Å². The average Bonchev–Trinajstić information content (AvgIpc) is 3.39. The first-order chi connectivity index (χ1) is 36.0. The minimum atomic E-state index is -0.790. The van der Waals surface area contributed by atoms with Crippen LogP contribution in [0, 0.1) is 0 Å². The summed E-state index contributed by atoms with van der Waals surface area (Å²) in [4.78, 5) is 38.3. The second-order valence-corrected chi connectivity index (χ2v) is 21.3. The molecule has 1 atom stereocenters. The van der Waals surface area contributed by atoms with E-state index >= 15 is 0 Å². The van der Waals surface area contributed by atoms with E-state index in [4.69, 9.17) is 14.2 Å². The highest BCUT2D eigenvalue weighted by Gasteiger charge is 2.19. The predicted octanol–water partition coefficient (Wildman–Crippen LogP) is 21.6. The lowest BCUT2D eigenvalue weighted by atomic mass is 10.0. The van der Waals surface area contributed by atoms with Crippen molar-refractivity contribution in [2.24, 2.45) is 0 Å². The Morgan fingerprint density at radius 3 is 0.877 bits per heavy atom. The highest BCUT2D eigenvalue weighted by Crippen LogP contribution is 2.17. The van der Waals surface area contributed by atoms with E-state index in [1.165, 1.54) is 205 Å². The summed E-state index contributed by atoms with van der Waals surface area (Å²) in [6.45, 7) is 6.54. The number of unbranched alkanes of at least 4 members (excludes halogenated alkanes) is 37. The third-order valence-corrected chi connectivity index (χ3v) is 14.0. The fourth-order valence-electron chi connectivity index (χ4n) is 9.25. The lowest BCUT2D eigenvalue weighted by Gasteiger charge is -2.18. The van der Waals surface area contributed by atoms with Crippen molar-refractivity contribution < 1.29 is 28.6 Å². The van der Waals surface area contributed by atoms with Crippen LogP contribution in [0.2, 0.25) is 0 Å². The van der Waals surface area contributed by atoms with Crippen LogP contribution in [0.3, 0.4) is 0 Å². The van der Waals surface area contributed by atoms with Crippen LogP contribution in [0.5, 0.6) is 0 Å². The van der Waals surface area contributed by atoms with E-state index in [9.17, 15) is 14.4 Å². The van der Waals surface area contributed by atoms with Gasteiger partial charge in [0.15, 0.2) is 6.10 Å². The first kappa shape index (κ1) is 70.1. The maximum atomic E-state index is 12.9. The van der Waals surface area contributed by atoms with E-state index in [0.29, 0.717) is 19.3 Å². The lowest BCUT2D eigenvalue weighted by molar-refractivity contribution is -0.167. The maximum Gasteiger partial charge on any atom is 0.306 e. The van der Waals surface area contributed by atoms with Gasteiger partial charge in [-0.25, -0.2) is 0 Å². The first-order valence-corrected chi connectivity index (χ1v) is 31.8. The number of carbonyl (C=O) groups is 3. The Kier molecular flexibility index (Phi) is 59.2. The molecule has 0 aliphatic carbocycles. The Labute approximate surface area is 453 Å². The van der Waals surface area contributed by atoms with Gasteiger partial charge < -0.3 is 14.2 Å². The largest absolute Gasteiger partial charge is 0.462 e.